The molecule has 2 aromatic carbocycles. The van der Waals surface area contributed by atoms with Crippen molar-refractivity contribution in [3.05, 3.63) is 80.8 Å². The molecule has 0 aliphatic carbocycles. The van der Waals surface area contributed by atoms with Crippen molar-refractivity contribution in [3.8, 4) is 0 Å². The van der Waals surface area contributed by atoms with Gasteiger partial charge in [0, 0.05) is 48.0 Å². The van der Waals surface area contributed by atoms with E-state index in [1.807, 2.05) is 48.5 Å². The van der Waals surface area contributed by atoms with Crippen molar-refractivity contribution >= 4 is 67.7 Å². The second-order valence-corrected chi connectivity index (χ2v) is 15.0. The quantitative estimate of drug-likeness (QED) is 0.188. The minimum absolute atomic E-state index is 0.0458. The topological polar surface area (TPSA) is 134 Å². The maximum atomic E-state index is 13.5. The molecule has 12 nitrogen and oxygen atoms in total. The van der Waals surface area contributed by atoms with E-state index in [9.17, 15) is 28.8 Å². The lowest BCUT2D eigenvalue weighted by Crippen LogP contribution is -2.35. The zero-order valence-corrected chi connectivity index (χ0v) is 32.2. The minimum Gasteiger partial charge on any atom is -0.461 e. The van der Waals surface area contributed by atoms with Crippen molar-refractivity contribution in [1.29, 1.82) is 0 Å². The number of hydrogen-bond donors (Lipinski definition) is 0. The van der Waals surface area contributed by atoms with E-state index in [1.165, 1.54) is 19.6 Å². The fourth-order valence-electron chi connectivity index (χ4n) is 6.61. The molecule has 4 bridgehead atoms. The number of carbonyl (C=O) groups is 6. The van der Waals surface area contributed by atoms with E-state index in [0.29, 0.717) is 12.8 Å². The van der Waals surface area contributed by atoms with E-state index in [0.717, 1.165) is 45.8 Å². The third-order valence-electron chi connectivity index (χ3n) is 9.45. The Morgan fingerprint density at radius 3 is 1.29 bits per heavy atom. The van der Waals surface area contributed by atoms with Crippen molar-refractivity contribution in [1.82, 2.24) is 19.6 Å². The molecule has 0 spiro atoms. The smallest absolute Gasteiger partial charge is 0.327 e. The van der Waals surface area contributed by atoms with Crippen molar-refractivity contribution in [2.24, 2.45) is 0 Å². The monoisotopic (exact) mass is 842 g/mol. The van der Waals surface area contributed by atoms with Crippen LogP contribution in [0.2, 0.25) is 0 Å². The van der Waals surface area contributed by atoms with Crippen molar-refractivity contribution in [3.63, 3.8) is 0 Å². The molecule has 2 unspecified atom stereocenters. The number of halogens is 2. The minimum atomic E-state index is -0.779. The SMILES string of the molecule is O=C1CCC2C(=O)N(CCCCCCCCN3C(=O)C(CCC(=O)OC/C=C/CO1)N(Cc1ccc(Br)cc1)C3=O)C(=O)N2Cc1ccc(Br)cc1. The number of nitrogens with zero attached hydrogens (tertiary/aromatic N) is 4. The number of carbonyl (C=O) groups excluding carboxylic acids is 6. The van der Waals surface area contributed by atoms with Crippen LogP contribution >= 0.6 is 31.9 Å². The van der Waals surface area contributed by atoms with E-state index in [4.69, 9.17) is 9.47 Å². The van der Waals surface area contributed by atoms with Crippen LogP contribution in [-0.4, -0.2) is 93.8 Å². The average molecular weight is 845 g/mol. The molecule has 0 saturated carbocycles. The molecule has 2 fully saturated rings. The van der Waals surface area contributed by atoms with Crippen LogP contribution in [0.4, 0.5) is 9.59 Å². The predicted octanol–water partition coefficient (Wildman–Crippen LogP) is 6.73. The van der Waals surface area contributed by atoms with Gasteiger partial charge < -0.3 is 19.3 Å². The Morgan fingerprint density at radius 1 is 0.538 bits per heavy atom. The summed E-state index contributed by atoms with van der Waals surface area (Å²) >= 11 is 6.85. The van der Waals surface area contributed by atoms with Crippen LogP contribution in [0, 0.1) is 0 Å². The molecule has 6 amide bonds. The first-order valence-electron chi connectivity index (χ1n) is 17.8. The van der Waals surface area contributed by atoms with Gasteiger partial charge >= 0.3 is 24.0 Å². The molecule has 52 heavy (non-hydrogen) atoms. The fraction of sp³-hybridized carbons (Fsp3) is 0.474. The summed E-state index contributed by atoms with van der Waals surface area (Å²) in [4.78, 5) is 84.9. The largest absolute Gasteiger partial charge is 0.461 e. The number of benzene rings is 2. The molecular formula is C38H44Br2N4O8. The number of amides is 6. The highest BCUT2D eigenvalue weighted by atomic mass is 79.9. The van der Waals surface area contributed by atoms with Gasteiger partial charge in [0.05, 0.1) is 0 Å². The Bertz CT molecular complexity index is 1510. The van der Waals surface area contributed by atoms with Gasteiger partial charge in [0.25, 0.3) is 11.8 Å². The van der Waals surface area contributed by atoms with Gasteiger partial charge in [0.2, 0.25) is 0 Å². The molecule has 14 heteroatoms. The lowest BCUT2D eigenvalue weighted by Gasteiger charge is -2.22. The second-order valence-electron chi connectivity index (χ2n) is 13.1. The van der Waals surface area contributed by atoms with Crippen LogP contribution in [0.1, 0.15) is 75.3 Å². The number of urea groups is 2. The molecule has 3 aliphatic rings. The summed E-state index contributed by atoms with van der Waals surface area (Å²) in [5, 5.41) is 0. The summed E-state index contributed by atoms with van der Waals surface area (Å²) in [7, 11) is 0. The molecule has 2 atom stereocenters. The molecule has 2 saturated heterocycles. The maximum Gasteiger partial charge on any atom is 0.327 e. The van der Waals surface area contributed by atoms with E-state index in [1.54, 1.807) is 12.2 Å². The van der Waals surface area contributed by atoms with Gasteiger partial charge in [-0.15, -0.1) is 0 Å². The highest BCUT2D eigenvalue weighted by Gasteiger charge is 2.45. The Morgan fingerprint density at radius 2 is 0.904 bits per heavy atom. The number of hydrogen-bond acceptors (Lipinski definition) is 8. The number of esters is 2. The van der Waals surface area contributed by atoms with Crippen molar-refractivity contribution in [2.45, 2.75) is 89.4 Å². The molecule has 0 aromatic heterocycles. The van der Waals surface area contributed by atoms with E-state index < -0.39 is 24.0 Å². The molecule has 5 rings (SSSR count). The van der Waals surface area contributed by atoms with Crippen LogP contribution in [-0.2, 0) is 41.7 Å². The maximum absolute atomic E-state index is 13.5. The summed E-state index contributed by atoms with van der Waals surface area (Å²) in [6.07, 6.45) is 7.91. The number of rotatable bonds is 4. The number of ether oxygens (including phenoxy) is 2. The van der Waals surface area contributed by atoms with Crippen molar-refractivity contribution in [2.75, 3.05) is 26.3 Å². The molecule has 0 radical (unpaired) electrons. The molecular weight excluding hydrogens is 800 g/mol. The van der Waals surface area contributed by atoms with Crippen LogP contribution < -0.4 is 0 Å². The van der Waals surface area contributed by atoms with Gasteiger partial charge in [-0.2, -0.15) is 0 Å². The summed E-state index contributed by atoms with van der Waals surface area (Å²) in [6.45, 7) is 0.944. The number of fused-ring (bicyclic) bond motifs is 4. The highest BCUT2D eigenvalue weighted by Crippen LogP contribution is 2.27. The fourth-order valence-corrected chi connectivity index (χ4v) is 7.14. The molecule has 2 aromatic rings. The van der Waals surface area contributed by atoms with Gasteiger partial charge in [-0.3, -0.25) is 29.0 Å². The van der Waals surface area contributed by atoms with E-state index in [-0.39, 0.29) is 89.0 Å². The first-order valence-corrected chi connectivity index (χ1v) is 19.4. The summed E-state index contributed by atoms with van der Waals surface area (Å²) in [6, 6.07) is 12.8. The van der Waals surface area contributed by atoms with Gasteiger partial charge in [0.15, 0.2) is 0 Å². The van der Waals surface area contributed by atoms with Crippen molar-refractivity contribution < 1.29 is 38.2 Å². The van der Waals surface area contributed by atoms with Gasteiger partial charge in [0.1, 0.15) is 25.3 Å². The molecule has 3 heterocycles. The Hall–Kier alpha value is -4.04. The first kappa shape index (κ1) is 39.2. The Labute approximate surface area is 320 Å². The van der Waals surface area contributed by atoms with Crippen LogP contribution in [0.5, 0.6) is 0 Å². The Balaban J connectivity index is 1.23. The summed E-state index contributed by atoms with van der Waals surface area (Å²) in [5.41, 5.74) is 1.73. The van der Waals surface area contributed by atoms with Gasteiger partial charge in [-0.25, -0.2) is 9.59 Å². The molecule has 0 N–H and O–H groups in total. The molecule has 3 aliphatic heterocycles. The lowest BCUT2D eigenvalue weighted by atomic mass is 10.1. The molecule has 278 valence electrons. The number of imide groups is 2. The van der Waals surface area contributed by atoms with Gasteiger partial charge in [-0.05, 0) is 73.2 Å². The summed E-state index contributed by atoms with van der Waals surface area (Å²) < 4.78 is 12.4. The summed E-state index contributed by atoms with van der Waals surface area (Å²) in [5.74, 6) is -1.65. The van der Waals surface area contributed by atoms with Gasteiger partial charge in [-0.1, -0.05) is 81.8 Å². The average Bonchev–Trinajstić information content (AvgIpc) is 3.48. The van der Waals surface area contributed by atoms with Crippen LogP contribution in [0.15, 0.2) is 69.6 Å². The third kappa shape index (κ3) is 10.5. The van der Waals surface area contributed by atoms with E-state index in [2.05, 4.69) is 31.9 Å². The van der Waals surface area contributed by atoms with Crippen LogP contribution in [0.3, 0.4) is 0 Å². The normalized spacial score (nSPS) is 22.8. The second kappa shape index (κ2) is 19.2. The third-order valence-corrected chi connectivity index (χ3v) is 10.5. The van der Waals surface area contributed by atoms with Crippen LogP contribution in [0.25, 0.3) is 0 Å². The standard InChI is InChI=1S/C38H44Br2N4O8/c39-29-13-9-27(10-14-29)25-43-31-17-19-33(45)51-23-7-8-24-52-34(46)20-18-32-36(48)42(38(50)44(32)26-28-11-15-30(40)16-12-28)22-6-4-2-1-3-5-21-41(35(31)47)37(43)49/h7-16,31-32H,1-6,17-26H2/b8-7+. The zero-order valence-electron chi connectivity index (χ0n) is 29.1. The first-order chi connectivity index (χ1) is 25.1. The highest BCUT2D eigenvalue weighted by molar-refractivity contribution is 9.10. The Kier molecular flexibility index (Phi) is 14.4. The predicted molar refractivity (Wildman–Crippen MR) is 198 cm³/mol. The number of cyclic esters (lactones) is 2. The zero-order chi connectivity index (χ0) is 37.0. The lowest BCUT2D eigenvalue weighted by molar-refractivity contribution is -0.144. The van der Waals surface area contributed by atoms with E-state index >= 15 is 0 Å².